The van der Waals surface area contributed by atoms with Crippen molar-refractivity contribution in [2.45, 2.75) is 26.7 Å². The number of carbonyl (C=O) groups excluding carboxylic acids is 1. The first-order valence-corrected chi connectivity index (χ1v) is 7.22. The maximum Gasteiger partial charge on any atom is 0.330 e. The Morgan fingerprint density at radius 3 is 1.96 bits per heavy atom. The number of carboxylic acids is 1. The smallest absolute Gasteiger partial charge is 0.330 e. The van der Waals surface area contributed by atoms with Gasteiger partial charge in [0, 0.05) is 18.1 Å². The molecule has 0 aliphatic carbocycles. The summed E-state index contributed by atoms with van der Waals surface area (Å²) in [6, 6.07) is 0. The van der Waals surface area contributed by atoms with E-state index in [4.69, 9.17) is 16.6 Å². The van der Waals surface area contributed by atoms with Gasteiger partial charge in [-0.15, -0.1) is 6.58 Å². The third-order valence-corrected chi connectivity index (χ3v) is 2.11. The normalized spacial score (nSPS) is 8.56. The largest absolute Gasteiger partial charge is 0.478 e. The van der Waals surface area contributed by atoms with Crippen molar-refractivity contribution in [3.63, 3.8) is 0 Å². The molecule has 0 saturated heterocycles. The Hall–Kier alpha value is -3.23. The van der Waals surface area contributed by atoms with Gasteiger partial charge in [0.25, 0.3) is 0 Å². The number of ether oxygens (including phenoxy) is 1. The number of aliphatic carboxylic acids is 1. The first kappa shape index (κ1) is 24.0. The standard InChI is InChI=1S/C7H11N5.C5H8O2.C4H6O2/c1-2-3-4-5-10-6(8)12-7(9)11-5;1-3-5(6)7-4-2;1-3(2)4(5)6/h2H,1,3-4H2,(H4,8,9,10,11,12);3H,1,4H2,2H3;1H2,2H3,(H,5,6). The molecule has 1 heterocycles. The van der Waals surface area contributed by atoms with E-state index in [1.165, 1.54) is 6.92 Å². The second-order valence-electron chi connectivity index (χ2n) is 4.34. The van der Waals surface area contributed by atoms with Crippen molar-refractivity contribution in [3.8, 4) is 0 Å². The highest BCUT2D eigenvalue weighted by Gasteiger charge is 1.99. The molecule has 0 radical (unpaired) electrons. The summed E-state index contributed by atoms with van der Waals surface area (Å²) in [6.45, 7) is 13.6. The second-order valence-corrected chi connectivity index (χ2v) is 4.34. The summed E-state index contributed by atoms with van der Waals surface area (Å²) < 4.78 is 4.43. The SMILES string of the molecule is C=C(C)C(=O)O.C=CC(=O)OCC.C=CCCc1nc(N)nc(N)n1. The monoisotopic (exact) mass is 351 g/mol. The fourth-order valence-corrected chi connectivity index (χ4v) is 1.00. The van der Waals surface area contributed by atoms with E-state index >= 15 is 0 Å². The Labute approximate surface area is 147 Å². The molecule has 0 unspecified atom stereocenters. The van der Waals surface area contributed by atoms with Gasteiger partial charge >= 0.3 is 11.9 Å². The van der Waals surface area contributed by atoms with Gasteiger partial charge in [-0.05, 0) is 20.3 Å². The van der Waals surface area contributed by atoms with Gasteiger partial charge in [0.05, 0.1) is 6.61 Å². The Balaban J connectivity index is 0. The van der Waals surface area contributed by atoms with E-state index in [-0.39, 0.29) is 23.4 Å². The number of anilines is 2. The summed E-state index contributed by atoms with van der Waals surface area (Å²) in [5.74, 6) is -0.347. The van der Waals surface area contributed by atoms with Crippen LogP contribution in [0.1, 0.15) is 26.1 Å². The summed E-state index contributed by atoms with van der Waals surface area (Å²) in [5, 5.41) is 7.89. The summed E-state index contributed by atoms with van der Waals surface area (Å²) >= 11 is 0. The van der Waals surface area contributed by atoms with Crippen molar-refractivity contribution < 1.29 is 19.4 Å². The van der Waals surface area contributed by atoms with E-state index in [1.54, 1.807) is 13.0 Å². The van der Waals surface area contributed by atoms with Crippen LogP contribution in [-0.2, 0) is 20.7 Å². The molecule has 1 rings (SSSR count). The highest BCUT2D eigenvalue weighted by molar-refractivity contribution is 5.84. The van der Waals surface area contributed by atoms with Gasteiger partial charge in [-0.1, -0.05) is 19.2 Å². The third kappa shape index (κ3) is 15.4. The number of aryl methyl sites for hydroxylation is 1. The van der Waals surface area contributed by atoms with Gasteiger partial charge < -0.3 is 21.3 Å². The van der Waals surface area contributed by atoms with Gasteiger partial charge in [-0.25, -0.2) is 9.59 Å². The number of nitrogens with zero attached hydrogens (tertiary/aromatic N) is 3. The molecule has 5 N–H and O–H groups in total. The molecular formula is C16H25N5O4. The number of carbonyl (C=O) groups is 2. The van der Waals surface area contributed by atoms with Crippen molar-refractivity contribution in [1.29, 1.82) is 0 Å². The summed E-state index contributed by atoms with van der Waals surface area (Å²) in [4.78, 5) is 31.1. The average Bonchev–Trinajstić information content (AvgIpc) is 2.53. The summed E-state index contributed by atoms with van der Waals surface area (Å²) in [7, 11) is 0. The predicted octanol–water partition coefficient (Wildman–Crippen LogP) is 1.54. The van der Waals surface area contributed by atoms with Crippen molar-refractivity contribution in [2.75, 3.05) is 18.1 Å². The van der Waals surface area contributed by atoms with E-state index in [9.17, 15) is 9.59 Å². The Kier molecular flexibility index (Phi) is 13.8. The molecule has 138 valence electrons. The molecule has 0 fully saturated rings. The van der Waals surface area contributed by atoms with Crippen LogP contribution in [0.2, 0.25) is 0 Å². The summed E-state index contributed by atoms with van der Waals surface area (Å²) in [6.07, 6.45) is 4.43. The van der Waals surface area contributed by atoms with Crippen LogP contribution < -0.4 is 11.5 Å². The van der Waals surface area contributed by atoms with E-state index in [0.29, 0.717) is 18.9 Å². The van der Waals surface area contributed by atoms with Crippen LogP contribution in [-0.4, -0.2) is 38.6 Å². The van der Waals surface area contributed by atoms with Crippen LogP contribution in [0, 0.1) is 0 Å². The lowest BCUT2D eigenvalue weighted by Crippen LogP contribution is -2.06. The molecule has 0 atom stereocenters. The number of carboxylic acid groups (broad SMARTS) is 1. The van der Waals surface area contributed by atoms with E-state index in [0.717, 1.165) is 12.5 Å². The lowest BCUT2D eigenvalue weighted by molar-refractivity contribution is -0.137. The molecule has 0 spiro atoms. The lowest BCUT2D eigenvalue weighted by Gasteiger charge is -1.98. The van der Waals surface area contributed by atoms with E-state index < -0.39 is 5.97 Å². The van der Waals surface area contributed by atoms with Crippen LogP contribution >= 0.6 is 0 Å². The number of aromatic nitrogens is 3. The van der Waals surface area contributed by atoms with Crippen molar-refractivity contribution in [1.82, 2.24) is 15.0 Å². The minimum Gasteiger partial charge on any atom is -0.478 e. The van der Waals surface area contributed by atoms with Gasteiger partial charge in [0.1, 0.15) is 5.82 Å². The minimum absolute atomic E-state index is 0.168. The topological polar surface area (TPSA) is 154 Å². The molecule has 1 aromatic rings. The number of hydrogen-bond donors (Lipinski definition) is 3. The van der Waals surface area contributed by atoms with Crippen LogP contribution in [0.25, 0.3) is 0 Å². The zero-order valence-corrected chi connectivity index (χ0v) is 14.6. The maximum atomic E-state index is 10.1. The molecule has 0 aliphatic rings. The molecule has 9 nitrogen and oxygen atoms in total. The minimum atomic E-state index is -0.935. The molecule has 0 aromatic carbocycles. The molecule has 9 heteroatoms. The molecule has 0 saturated carbocycles. The Morgan fingerprint density at radius 2 is 1.68 bits per heavy atom. The molecule has 0 bridgehead atoms. The first-order valence-electron chi connectivity index (χ1n) is 7.22. The zero-order chi connectivity index (χ0) is 19.8. The Bertz CT molecular complexity index is 570. The number of hydrogen-bond acceptors (Lipinski definition) is 8. The van der Waals surface area contributed by atoms with Crippen LogP contribution in [0.5, 0.6) is 0 Å². The van der Waals surface area contributed by atoms with Gasteiger partial charge in [0.15, 0.2) is 0 Å². The van der Waals surface area contributed by atoms with Crippen LogP contribution in [0.15, 0.2) is 37.5 Å². The first-order chi connectivity index (χ1) is 11.7. The Morgan fingerprint density at radius 1 is 1.20 bits per heavy atom. The number of allylic oxidation sites excluding steroid dienone is 1. The molecule has 0 aliphatic heterocycles. The fraction of sp³-hybridized carbons (Fsp3) is 0.312. The quantitative estimate of drug-likeness (QED) is 0.393. The molecule has 0 amide bonds. The molecular weight excluding hydrogens is 326 g/mol. The maximum absolute atomic E-state index is 10.1. The van der Waals surface area contributed by atoms with Crippen molar-refractivity contribution in [3.05, 3.63) is 43.3 Å². The van der Waals surface area contributed by atoms with Gasteiger partial charge in [-0.3, -0.25) is 0 Å². The average molecular weight is 351 g/mol. The predicted molar refractivity (Wildman–Crippen MR) is 96.4 cm³/mol. The third-order valence-electron chi connectivity index (χ3n) is 2.11. The number of nitrogen functional groups attached to an aromatic ring is 2. The van der Waals surface area contributed by atoms with Gasteiger partial charge in [0.2, 0.25) is 11.9 Å². The second kappa shape index (κ2) is 14.4. The highest BCUT2D eigenvalue weighted by Crippen LogP contribution is 2.01. The molecule has 1 aromatic heterocycles. The highest BCUT2D eigenvalue weighted by atomic mass is 16.5. The zero-order valence-electron chi connectivity index (χ0n) is 14.6. The number of rotatable bonds is 6. The van der Waals surface area contributed by atoms with Gasteiger partial charge in [-0.2, -0.15) is 15.0 Å². The van der Waals surface area contributed by atoms with Crippen LogP contribution in [0.4, 0.5) is 11.9 Å². The summed E-state index contributed by atoms with van der Waals surface area (Å²) in [5.41, 5.74) is 10.9. The molecule has 25 heavy (non-hydrogen) atoms. The number of nitrogens with two attached hydrogens (primary N) is 2. The van der Waals surface area contributed by atoms with Crippen LogP contribution in [0.3, 0.4) is 0 Å². The van der Waals surface area contributed by atoms with Crippen molar-refractivity contribution in [2.24, 2.45) is 0 Å². The van der Waals surface area contributed by atoms with Crippen molar-refractivity contribution >= 4 is 23.8 Å². The fourth-order valence-electron chi connectivity index (χ4n) is 1.00. The number of esters is 1. The van der Waals surface area contributed by atoms with E-state index in [2.05, 4.69) is 39.4 Å². The lowest BCUT2D eigenvalue weighted by atomic mass is 10.3. The van der Waals surface area contributed by atoms with E-state index in [1.807, 2.05) is 0 Å².